The first-order valence-corrected chi connectivity index (χ1v) is 6.99. The molecule has 90 valence electrons. The van der Waals surface area contributed by atoms with Gasteiger partial charge in [-0.2, -0.15) is 0 Å². The van der Waals surface area contributed by atoms with Gasteiger partial charge in [-0.25, -0.2) is 4.98 Å². The lowest BCUT2D eigenvalue weighted by Crippen LogP contribution is -2.24. The Morgan fingerprint density at radius 1 is 1.18 bits per heavy atom. The molecule has 3 heterocycles. The Labute approximate surface area is 104 Å². The van der Waals surface area contributed by atoms with Crippen molar-refractivity contribution < 1.29 is 0 Å². The van der Waals surface area contributed by atoms with E-state index in [4.69, 9.17) is 4.98 Å². The number of nitrogens with zero attached hydrogens (tertiary/aromatic N) is 2. The summed E-state index contributed by atoms with van der Waals surface area (Å²) in [6.45, 7) is 4.92. The first kappa shape index (κ1) is 11.0. The molecule has 0 spiro atoms. The fourth-order valence-electron chi connectivity index (χ4n) is 2.65. The lowest BCUT2D eigenvalue weighted by molar-refractivity contribution is 0.614. The molecule has 0 amide bonds. The molecule has 0 aromatic carbocycles. The molecule has 0 saturated carbocycles. The number of aromatic nitrogens is 2. The van der Waals surface area contributed by atoms with Crippen molar-refractivity contribution in [1.29, 1.82) is 0 Å². The van der Waals surface area contributed by atoms with E-state index in [1.165, 1.54) is 11.3 Å². The van der Waals surface area contributed by atoms with Gasteiger partial charge in [0.2, 0.25) is 0 Å². The Morgan fingerprint density at radius 2 is 2.00 bits per heavy atom. The Hall–Kier alpha value is -1.16. The summed E-state index contributed by atoms with van der Waals surface area (Å²) in [6, 6.07) is 0. The molecule has 4 heteroatoms. The van der Waals surface area contributed by atoms with E-state index < -0.39 is 0 Å². The van der Waals surface area contributed by atoms with E-state index in [2.05, 4.69) is 6.92 Å². The van der Waals surface area contributed by atoms with E-state index in [1.807, 2.05) is 11.5 Å². The number of fused-ring (bicyclic) bond motifs is 2. The molecule has 0 aliphatic carbocycles. The smallest absolute Gasteiger partial charge is 0.262 e. The second-order valence-corrected chi connectivity index (χ2v) is 6.16. The monoisotopic (exact) mass is 248 g/mol. The van der Waals surface area contributed by atoms with Gasteiger partial charge in [-0.1, -0.05) is 6.42 Å². The molecule has 0 atom stereocenters. The molecule has 0 radical (unpaired) electrons. The zero-order valence-electron chi connectivity index (χ0n) is 10.2. The number of hydrogen-bond acceptors (Lipinski definition) is 3. The minimum Gasteiger partial charge on any atom is -0.296 e. The molecule has 2 aromatic rings. The predicted molar refractivity (Wildman–Crippen MR) is 70.9 cm³/mol. The molecule has 0 bridgehead atoms. The van der Waals surface area contributed by atoms with Crippen LogP contribution in [-0.4, -0.2) is 9.55 Å². The van der Waals surface area contributed by atoms with Crippen LogP contribution in [0.4, 0.5) is 0 Å². The summed E-state index contributed by atoms with van der Waals surface area (Å²) in [5, 5.41) is 0.846. The molecule has 0 unspecified atom stereocenters. The Bertz CT molecular complexity index is 639. The summed E-state index contributed by atoms with van der Waals surface area (Å²) < 4.78 is 1.90. The molecular formula is C13H16N2OS. The van der Waals surface area contributed by atoms with Gasteiger partial charge in [0.15, 0.2) is 0 Å². The molecule has 3 nitrogen and oxygen atoms in total. The van der Waals surface area contributed by atoms with E-state index in [1.54, 1.807) is 11.3 Å². The molecule has 2 aromatic heterocycles. The quantitative estimate of drug-likeness (QED) is 0.718. The van der Waals surface area contributed by atoms with Crippen LogP contribution in [-0.2, 0) is 13.0 Å². The van der Waals surface area contributed by atoms with E-state index >= 15 is 0 Å². The zero-order chi connectivity index (χ0) is 12.0. The first-order valence-electron chi connectivity index (χ1n) is 6.18. The van der Waals surface area contributed by atoms with Crippen LogP contribution in [0.5, 0.6) is 0 Å². The van der Waals surface area contributed by atoms with E-state index in [0.29, 0.717) is 0 Å². The van der Waals surface area contributed by atoms with Crippen molar-refractivity contribution >= 4 is 22.2 Å². The summed E-state index contributed by atoms with van der Waals surface area (Å²) in [5.41, 5.74) is 1.11. The zero-order valence-corrected chi connectivity index (χ0v) is 11.1. The Morgan fingerprint density at radius 3 is 2.82 bits per heavy atom. The molecular weight excluding hydrogens is 232 g/mol. The fraction of sp³-hybridized carbons (Fsp3) is 0.538. The van der Waals surface area contributed by atoms with Crippen molar-refractivity contribution in [2.75, 3.05) is 0 Å². The number of aryl methyl sites for hydroxylation is 3. The van der Waals surface area contributed by atoms with Gasteiger partial charge in [-0.05, 0) is 26.7 Å². The normalized spacial score (nSPS) is 15.9. The number of thiophene rings is 1. The topological polar surface area (TPSA) is 34.9 Å². The van der Waals surface area contributed by atoms with Gasteiger partial charge in [-0.15, -0.1) is 11.3 Å². The van der Waals surface area contributed by atoms with Gasteiger partial charge in [0, 0.05) is 22.7 Å². The van der Waals surface area contributed by atoms with Crippen molar-refractivity contribution in [2.45, 2.75) is 46.1 Å². The highest BCUT2D eigenvalue weighted by Gasteiger charge is 2.17. The fourth-order valence-corrected chi connectivity index (χ4v) is 3.64. The lowest BCUT2D eigenvalue weighted by atomic mass is 10.2. The first-order chi connectivity index (χ1) is 8.18. The minimum absolute atomic E-state index is 0.175. The maximum atomic E-state index is 12.5. The number of hydrogen-bond donors (Lipinski definition) is 0. The average molecular weight is 248 g/mol. The van der Waals surface area contributed by atoms with Crippen LogP contribution in [0.2, 0.25) is 0 Å². The van der Waals surface area contributed by atoms with Gasteiger partial charge < -0.3 is 0 Å². The second kappa shape index (κ2) is 3.95. The second-order valence-electron chi connectivity index (χ2n) is 4.73. The SMILES string of the molecule is Cc1sc(C)c2c(=O)n3c(nc12)CCCCC3. The van der Waals surface area contributed by atoms with Crippen molar-refractivity contribution in [1.82, 2.24) is 9.55 Å². The molecule has 1 aliphatic heterocycles. The maximum absolute atomic E-state index is 12.5. The Balaban J connectivity index is 2.39. The van der Waals surface area contributed by atoms with Crippen molar-refractivity contribution in [2.24, 2.45) is 0 Å². The third-order valence-electron chi connectivity index (χ3n) is 3.52. The highest BCUT2D eigenvalue weighted by Crippen LogP contribution is 2.27. The van der Waals surface area contributed by atoms with Crippen molar-refractivity contribution in [3.05, 3.63) is 25.9 Å². The molecule has 0 N–H and O–H groups in total. The van der Waals surface area contributed by atoms with E-state index in [-0.39, 0.29) is 5.56 Å². The summed E-state index contributed by atoms with van der Waals surface area (Å²) in [6.07, 6.45) is 4.40. The van der Waals surface area contributed by atoms with Gasteiger partial charge >= 0.3 is 0 Å². The van der Waals surface area contributed by atoms with Crippen molar-refractivity contribution in [3.8, 4) is 0 Å². The minimum atomic E-state index is 0.175. The predicted octanol–water partition coefficient (Wildman–Crippen LogP) is 2.80. The third kappa shape index (κ3) is 1.62. The van der Waals surface area contributed by atoms with Crippen LogP contribution < -0.4 is 5.56 Å². The summed E-state index contributed by atoms with van der Waals surface area (Å²) in [5.74, 6) is 0.987. The van der Waals surface area contributed by atoms with Crippen LogP contribution in [0, 0.1) is 13.8 Å². The molecule has 1 aliphatic rings. The standard InChI is InChI=1S/C13H16N2OS/c1-8-11-12(9(2)17-8)14-10-6-4-3-5-7-15(10)13(11)16/h3-7H2,1-2H3. The summed E-state index contributed by atoms with van der Waals surface area (Å²) in [4.78, 5) is 19.5. The Kier molecular flexibility index (Phi) is 2.54. The molecule has 17 heavy (non-hydrogen) atoms. The third-order valence-corrected chi connectivity index (χ3v) is 4.53. The van der Waals surface area contributed by atoms with Gasteiger partial charge in [0.05, 0.1) is 10.9 Å². The van der Waals surface area contributed by atoms with Crippen LogP contribution in [0.1, 0.15) is 34.8 Å². The molecule has 0 saturated heterocycles. The molecule has 0 fully saturated rings. The summed E-state index contributed by atoms with van der Waals surface area (Å²) >= 11 is 1.68. The maximum Gasteiger partial charge on any atom is 0.262 e. The van der Waals surface area contributed by atoms with E-state index in [0.717, 1.165) is 47.4 Å². The van der Waals surface area contributed by atoms with Gasteiger partial charge in [-0.3, -0.25) is 9.36 Å². The van der Waals surface area contributed by atoms with E-state index in [9.17, 15) is 4.79 Å². The van der Waals surface area contributed by atoms with Crippen molar-refractivity contribution in [3.63, 3.8) is 0 Å². The van der Waals surface area contributed by atoms with Crippen LogP contribution >= 0.6 is 11.3 Å². The molecule has 3 rings (SSSR count). The highest BCUT2D eigenvalue weighted by atomic mass is 32.1. The number of rotatable bonds is 0. The van der Waals surface area contributed by atoms with Crippen LogP contribution in [0.25, 0.3) is 10.9 Å². The van der Waals surface area contributed by atoms with Crippen LogP contribution in [0.15, 0.2) is 4.79 Å². The largest absolute Gasteiger partial charge is 0.296 e. The summed E-state index contributed by atoms with van der Waals surface area (Å²) in [7, 11) is 0. The van der Waals surface area contributed by atoms with Gasteiger partial charge in [0.1, 0.15) is 5.82 Å². The lowest BCUT2D eigenvalue weighted by Gasteiger charge is -2.08. The van der Waals surface area contributed by atoms with Crippen LogP contribution in [0.3, 0.4) is 0 Å². The highest BCUT2D eigenvalue weighted by molar-refractivity contribution is 7.13. The van der Waals surface area contributed by atoms with Gasteiger partial charge in [0.25, 0.3) is 5.56 Å². The average Bonchev–Trinajstić information content (AvgIpc) is 2.51.